The van der Waals surface area contributed by atoms with Gasteiger partial charge in [-0.3, -0.25) is 10.1 Å². The zero-order chi connectivity index (χ0) is 17.1. The number of carboxylic acid groups (broad SMARTS) is 1. The normalized spacial score (nSPS) is 25.5. The van der Waals surface area contributed by atoms with Gasteiger partial charge in [0.15, 0.2) is 5.13 Å². The Labute approximate surface area is 145 Å². The first-order valence-corrected chi connectivity index (χ1v) is 9.16. The molecule has 3 heterocycles. The number of amides is 2. The molecule has 2 aliphatic heterocycles. The van der Waals surface area contributed by atoms with E-state index < -0.39 is 11.9 Å². The molecule has 2 atom stereocenters. The molecule has 7 nitrogen and oxygen atoms in total. The van der Waals surface area contributed by atoms with E-state index in [2.05, 4.69) is 10.3 Å². The number of aliphatic carboxylic acids is 1. The third-order valence-corrected chi connectivity index (χ3v) is 5.73. The molecule has 0 aliphatic carbocycles. The summed E-state index contributed by atoms with van der Waals surface area (Å²) in [5.74, 6) is -0.697. The van der Waals surface area contributed by atoms with Crippen LogP contribution in [0.15, 0.2) is 6.20 Å². The molecule has 2 fully saturated rings. The number of piperidine rings is 1. The number of aromatic nitrogens is 1. The van der Waals surface area contributed by atoms with Crippen molar-refractivity contribution in [3.63, 3.8) is 0 Å². The highest BCUT2D eigenvalue weighted by atomic mass is 32.1. The SMILES string of the molecule is CC1CC(C(=O)O)CN(C(=O)Nc2ncc(C3CCOCC3)s2)C1. The van der Waals surface area contributed by atoms with E-state index in [9.17, 15) is 14.7 Å². The van der Waals surface area contributed by atoms with Gasteiger partial charge in [0.1, 0.15) is 0 Å². The quantitative estimate of drug-likeness (QED) is 0.871. The lowest BCUT2D eigenvalue weighted by molar-refractivity contribution is -0.143. The molecule has 3 rings (SSSR count). The highest BCUT2D eigenvalue weighted by molar-refractivity contribution is 7.15. The van der Waals surface area contributed by atoms with Crippen LogP contribution in [0.4, 0.5) is 9.93 Å². The maximum Gasteiger partial charge on any atom is 0.323 e. The Morgan fingerprint density at radius 3 is 2.83 bits per heavy atom. The number of nitrogens with zero attached hydrogens (tertiary/aromatic N) is 2. The molecule has 8 heteroatoms. The number of urea groups is 1. The van der Waals surface area contributed by atoms with Gasteiger partial charge in [-0.2, -0.15) is 0 Å². The number of thiazole rings is 1. The number of anilines is 1. The Kier molecular flexibility index (Phi) is 5.35. The molecule has 0 spiro atoms. The summed E-state index contributed by atoms with van der Waals surface area (Å²) < 4.78 is 5.37. The number of hydrogen-bond donors (Lipinski definition) is 2. The van der Waals surface area contributed by atoms with Gasteiger partial charge in [-0.25, -0.2) is 9.78 Å². The molecule has 2 saturated heterocycles. The molecule has 0 saturated carbocycles. The number of carboxylic acids is 1. The molecule has 2 amide bonds. The average molecular weight is 353 g/mol. The highest BCUT2D eigenvalue weighted by Gasteiger charge is 2.32. The summed E-state index contributed by atoms with van der Waals surface area (Å²) in [6.07, 6.45) is 4.42. The maximum atomic E-state index is 12.4. The number of carbonyl (C=O) groups is 2. The minimum atomic E-state index is -0.838. The first-order chi connectivity index (χ1) is 11.5. The van der Waals surface area contributed by atoms with Gasteiger partial charge in [0, 0.05) is 37.4 Å². The summed E-state index contributed by atoms with van der Waals surface area (Å²) in [5, 5.41) is 12.6. The minimum absolute atomic E-state index is 0.180. The molecule has 2 unspecified atom stereocenters. The van der Waals surface area contributed by atoms with Crippen molar-refractivity contribution in [1.82, 2.24) is 9.88 Å². The lowest BCUT2D eigenvalue weighted by Crippen LogP contribution is -2.47. The number of hydrogen-bond acceptors (Lipinski definition) is 5. The van der Waals surface area contributed by atoms with E-state index in [-0.39, 0.29) is 18.5 Å². The molecule has 1 aromatic rings. The van der Waals surface area contributed by atoms with Crippen molar-refractivity contribution in [3.05, 3.63) is 11.1 Å². The molecular weight excluding hydrogens is 330 g/mol. The Bertz CT molecular complexity index is 600. The van der Waals surface area contributed by atoms with Crippen molar-refractivity contribution in [2.45, 2.75) is 32.1 Å². The Morgan fingerprint density at radius 2 is 2.12 bits per heavy atom. The highest BCUT2D eigenvalue weighted by Crippen LogP contribution is 2.33. The number of nitrogens with one attached hydrogen (secondary N) is 1. The van der Waals surface area contributed by atoms with E-state index in [4.69, 9.17) is 4.74 Å². The van der Waals surface area contributed by atoms with Crippen molar-refractivity contribution in [2.75, 3.05) is 31.6 Å². The summed E-state index contributed by atoms with van der Waals surface area (Å²) in [6, 6.07) is -0.263. The van der Waals surface area contributed by atoms with Gasteiger partial charge in [0.25, 0.3) is 0 Å². The van der Waals surface area contributed by atoms with Crippen LogP contribution in [-0.4, -0.2) is 53.3 Å². The van der Waals surface area contributed by atoms with Gasteiger partial charge in [0.2, 0.25) is 0 Å². The molecule has 2 N–H and O–H groups in total. The first-order valence-electron chi connectivity index (χ1n) is 8.35. The van der Waals surface area contributed by atoms with Crippen LogP contribution in [0.1, 0.15) is 37.0 Å². The Morgan fingerprint density at radius 1 is 1.38 bits per heavy atom. The fourth-order valence-corrected chi connectivity index (χ4v) is 4.36. The van der Waals surface area contributed by atoms with E-state index in [0.717, 1.165) is 26.1 Å². The third kappa shape index (κ3) is 4.05. The van der Waals surface area contributed by atoms with Gasteiger partial charge in [-0.15, -0.1) is 11.3 Å². The van der Waals surface area contributed by atoms with Crippen molar-refractivity contribution in [2.24, 2.45) is 11.8 Å². The number of rotatable bonds is 3. The molecule has 24 heavy (non-hydrogen) atoms. The summed E-state index contributed by atoms with van der Waals surface area (Å²) in [7, 11) is 0. The van der Waals surface area contributed by atoms with E-state index >= 15 is 0 Å². The topological polar surface area (TPSA) is 91.8 Å². The predicted octanol–water partition coefficient (Wildman–Crippen LogP) is 2.61. The van der Waals surface area contributed by atoms with Crippen LogP contribution in [0.2, 0.25) is 0 Å². The second kappa shape index (κ2) is 7.48. The fourth-order valence-electron chi connectivity index (χ4n) is 3.38. The lowest BCUT2D eigenvalue weighted by Gasteiger charge is -2.34. The van der Waals surface area contributed by atoms with Crippen molar-refractivity contribution in [3.8, 4) is 0 Å². The second-order valence-electron chi connectivity index (χ2n) is 6.67. The summed E-state index contributed by atoms with van der Waals surface area (Å²) >= 11 is 1.50. The van der Waals surface area contributed by atoms with Crippen molar-refractivity contribution in [1.29, 1.82) is 0 Å². The zero-order valence-electron chi connectivity index (χ0n) is 13.7. The predicted molar refractivity (Wildman–Crippen MR) is 90.4 cm³/mol. The fraction of sp³-hybridized carbons (Fsp3) is 0.688. The van der Waals surface area contributed by atoms with Crippen molar-refractivity contribution >= 4 is 28.5 Å². The number of likely N-dealkylation sites (tertiary alicyclic amines) is 1. The van der Waals surface area contributed by atoms with E-state index in [1.807, 2.05) is 13.1 Å². The Hall–Kier alpha value is -1.67. The average Bonchev–Trinajstić information content (AvgIpc) is 3.03. The zero-order valence-corrected chi connectivity index (χ0v) is 14.6. The van der Waals surface area contributed by atoms with Crippen molar-refractivity contribution < 1.29 is 19.4 Å². The third-order valence-electron chi connectivity index (χ3n) is 4.66. The standard InChI is InChI=1S/C16H23N3O4S/c1-10-6-12(14(20)21)9-19(8-10)16(22)18-15-17-7-13(24-15)11-2-4-23-5-3-11/h7,10-12H,2-6,8-9H2,1H3,(H,20,21)(H,17,18,22). The molecule has 2 aliphatic rings. The molecular formula is C16H23N3O4S. The molecule has 0 bridgehead atoms. The molecule has 0 radical (unpaired) electrons. The van der Waals surface area contributed by atoms with Gasteiger partial charge >= 0.3 is 12.0 Å². The molecule has 132 valence electrons. The van der Waals surface area contributed by atoms with Crippen LogP contribution in [0, 0.1) is 11.8 Å². The van der Waals surface area contributed by atoms with Crippen LogP contribution >= 0.6 is 11.3 Å². The number of ether oxygens (including phenoxy) is 1. The van der Waals surface area contributed by atoms with Gasteiger partial charge < -0.3 is 14.7 Å². The Balaban J connectivity index is 1.60. The number of carbonyl (C=O) groups excluding carboxylic acids is 1. The first kappa shape index (κ1) is 17.2. The summed E-state index contributed by atoms with van der Waals surface area (Å²) in [5.41, 5.74) is 0. The van der Waals surface area contributed by atoms with E-state index in [0.29, 0.717) is 24.0 Å². The van der Waals surface area contributed by atoms with Gasteiger partial charge in [0.05, 0.1) is 5.92 Å². The van der Waals surface area contributed by atoms with Gasteiger partial charge in [-0.05, 0) is 31.1 Å². The van der Waals surface area contributed by atoms with Crippen LogP contribution in [-0.2, 0) is 9.53 Å². The molecule has 0 aromatic carbocycles. The minimum Gasteiger partial charge on any atom is -0.481 e. The van der Waals surface area contributed by atoms with E-state index in [1.165, 1.54) is 16.2 Å². The largest absolute Gasteiger partial charge is 0.481 e. The molecule has 1 aromatic heterocycles. The smallest absolute Gasteiger partial charge is 0.323 e. The van der Waals surface area contributed by atoms with Gasteiger partial charge in [-0.1, -0.05) is 6.92 Å². The lowest BCUT2D eigenvalue weighted by atomic mass is 9.91. The van der Waals surface area contributed by atoms with Crippen LogP contribution in [0.25, 0.3) is 0 Å². The second-order valence-corrected chi connectivity index (χ2v) is 7.73. The summed E-state index contributed by atoms with van der Waals surface area (Å²) in [4.78, 5) is 30.7. The van der Waals surface area contributed by atoms with Crippen LogP contribution in [0.5, 0.6) is 0 Å². The van der Waals surface area contributed by atoms with Crippen LogP contribution in [0.3, 0.4) is 0 Å². The van der Waals surface area contributed by atoms with E-state index in [1.54, 1.807) is 4.90 Å². The van der Waals surface area contributed by atoms with Crippen LogP contribution < -0.4 is 5.32 Å². The summed E-state index contributed by atoms with van der Waals surface area (Å²) in [6.45, 7) is 4.35. The monoisotopic (exact) mass is 353 g/mol. The maximum absolute atomic E-state index is 12.4.